The molecule has 0 aromatic heterocycles. The van der Waals surface area contributed by atoms with E-state index in [1.54, 1.807) is 0 Å². The van der Waals surface area contributed by atoms with Crippen LogP contribution in [0.2, 0.25) is 0 Å². The first-order valence-corrected chi connectivity index (χ1v) is 7.45. The summed E-state index contributed by atoms with van der Waals surface area (Å²) in [5, 5.41) is 2.94. The molecule has 1 heterocycles. The molecule has 2 atom stereocenters. The number of sulfonamides is 1. The zero-order chi connectivity index (χ0) is 12.0. The highest BCUT2D eigenvalue weighted by molar-refractivity contribution is 7.89. The summed E-state index contributed by atoms with van der Waals surface area (Å²) in [6, 6.07) is 0.0448. The van der Waals surface area contributed by atoms with Crippen LogP contribution in [-0.4, -0.2) is 46.5 Å². The maximum absolute atomic E-state index is 11.7. The van der Waals surface area contributed by atoms with Gasteiger partial charge >= 0.3 is 0 Å². The lowest BCUT2D eigenvalue weighted by molar-refractivity contribution is 0.0173. The first-order valence-electron chi connectivity index (χ1n) is 5.79. The van der Waals surface area contributed by atoms with E-state index in [0.717, 1.165) is 19.4 Å². The van der Waals surface area contributed by atoms with Gasteiger partial charge in [0.05, 0.1) is 11.9 Å². The Morgan fingerprint density at radius 3 is 2.81 bits per heavy atom. The Morgan fingerprint density at radius 2 is 2.19 bits per heavy atom. The van der Waals surface area contributed by atoms with Crippen LogP contribution in [0, 0.1) is 0 Å². The molecule has 0 bridgehead atoms. The van der Waals surface area contributed by atoms with Gasteiger partial charge in [-0.2, -0.15) is 0 Å². The molecule has 6 heteroatoms. The van der Waals surface area contributed by atoms with Crippen molar-refractivity contribution in [3.8, 4) is 0 Å². The minimum absolute atomic E-state index is 0.0448. The second-order valence-corrected chi connectivity index (χ2v) is 6.17. The molecular weight excluding hydrogens is 228 g/mol. The zero-order valence-corrected chi connectivity index (χ0v) is 10.8. The molecule has 2 N–H and O–H groups in total. The number of hydrogen-bond acceptors (Lipinski definition) is 4. The van der Waals surface area contributed by atoms with Gasteiger partial charge in [-0.05, 0) is 39.8 Å². The fourth-order valence-corrected chi connectivity index (χ4v) is 3.22. The lowest BCUT2D eigenvalue weighted by Gasteiger charge is -2.27. The van der Waals surface area contributed by atoms with Crippen molar-refractivity contribution in [2.24, 2.45) is 0 Å². The molecule has 5 nitrogen and oxygen atoms in total. The monoisotopic (exact) mass is 250 g/mol. The largest absolute Gasteiger partial charge is 0.378 e. The third kappa shape index (κ3) is 5.25. The first-order chi connectivity index (χ1) is 7.53. The standard InChI is InChI=1S/C10H22N2O3S/c1-9-8-10(4-6-15-9)12-16(13,14)7-3-5-11-2/h9-12H,3-8H2,1-2H3. The van der Waals surface area contributed by atoms with Crippen LogP contribution in [0.3, 0.4) is 0 Å². The lowest BCUT2D eigenvalue weighted by Crippen LogP contribution is -2.42. The van der Waals surface area contributed by atoms with E-state index in [2.05, 4.69) is 10.0 Å². The van der Waals surface area contributed by atoms with Crippen LogP contribution in [0.15, 0.2) is 0 Å². The second kappa shape index (κ2) is 6.54. The Kier molecular flexibility index (Phi) is 5.68. The van der Waals surface area contributed by atoms with Crippen molar-refractivity contribution in [1.82, 2.24) is 10.0 Å². The minimum Gasteiger partial charge on any atom is -0.378 e. The fraction of sp³-hybridized carbons (Fsp3) is 1.00. The molecule has 1 aliphatic heterocycles. The molecular formula is C10H22N2O3S. The predicted molar refractivity (Wildman–Crippen MR) is 63.9 cm³/mol. The van der Waals surface area contributed by atoms with Crippen molar-refractivity contribution in [3.05, 3.63) is 0 Å². The van der Waals surface area contributed by atoms with Crippen molar-refractivity contribution in [2.75, 3.05) is 26.0 Å². The van der Waals surface area contributed by atoms with E-state index >= 15 is 0 Å². The topological polar surface area (TPSA) is 67.4 Å². The van der Waals surface area contributed by atoms with Gasteiger partial charge in [0.15, 0.2) is 0 Å². The molecule has 1 aliphatic rings. The molecule has 0 aromatic carbocycles. The van der Waals surface area contributed by atoms with Crippen molar-refractivity contribution in [1.29, 1.82) is 0 Å². The van der Waals surface area contributed by atoms with Crippen molar-refractivity contribution >= 4 is 10.0 Å². The fourth-order valence-electron chi connectivity index (χ4n) is 1.86. The third-order valence-corrected chi connectivity index (χ3v) is 4.19. The van der Waals surface area contributed by atoms with Crippen LogP contribution in [0.4, 0.5) is 0 Å². The highest BCUT2D eigenvalue weighted by Gasteiger charge is 2.23. The maximum atomic E-state index is 11.7. The highest BCUT2D eigenvalue weighted by Crippen LogP contribution is 2.14. The lowest BCUT2D eigenvalue weighted by atomic mass is 10.1. The minimum atomic E-state index is -3.12. The van der Waals surface area contributed by atoms with Crippen LogP contribution in [0.5, 0.6) is 0 Å². The van der Waals surface area contributed by atoms with Gasteiger partial charge in [0.1, 0.15) is 0 Å². The van der Waals surface area contributed by atoms with Crippen LogP contribution in [0.1, 0.15) is 26.2 Å². The Hall–Kier alpha value is -0.170. The van der Waals surface area contributed by atoms with E-state index in [-0.39, 0.29) is 17.9 Å². The maximum Gasteiger partial charge on any atom is 0.211 e. The van der Waals surface area contributed by atoms with Crippen LogP contribution in [0.25, 0.3) is 0 Å². The highest BCUT2D eigenvalue weighted by atomic mass is 32.2. The molecule has 1 saturated heterocycles. The summed E-state index contributed by atoms with van der Waals surface area (Å²) in [6.07, 6.45) is 2.34. The number of ether oxygens (including phenoxy) is 1. The third-order valence-electron chi connectivity index (χ3n) is 2.67. The number of rotatable bonds is 6. The van der Waals surface area contributed by atoms with E-state index in [4.69, 9.17) is 4.74 Å². The first kappa shape index (κ1) is 13.9. The van der Waals surface area contributed by atoms with Crippen molar-refractivity contribution in [2.45, 2.75) is 38.3 Å². The Morgan fingerprint density at radius 1 is 1.44 bits per heavy atom. The smallest absolute Gasteiger partial charge is 0.211 e. The van der Waals surface area contributed by atoms with Gasteiger partial charge in [0.25, 0.3) is 0 Å². The van der Waals surface area contributed by atoms with Gasteiger partial charge in [0, 0.05) is 12.6 Å². The van der Waals surface area contributed by atoms with Crippen LogP contribution in [-0.2, 0) is 14.8 Å². The summed E-state index contributed by atoms with van der Waals surface area (Å²) in [5.74, 6) is 0.194. The Balaban J connectivity index is 2.33. The SMILES string of the molecule is CNCCCS(=O)(=O)NC1CCOC(C)C1. The average molecular weight is 250 g/mol. The number of nitrogens with one attached hydrogen (secondary N) is 2. The van der Waals surface area contributed by atoms with Crippen molar-refractivity contribution in [3.63, 3.8) is 0 Å². The summed E-state index contributed by atoms with van der Waals surface area (Å²) < 4.78 is 31.5. The van der Waals surface area contributed by atoms with E-state index < -0.39 is 10.0 Å². The summed E-state index contributed by atoms with van der Waals surface area (Å²) >= 11 is 0. The molecule has 0 amide bonds. The molecule has 0 radical (unpaired) electrons. The molecule has 0 aliphatic carbocycles. The zero-order valence-electron chi connectivity index (χ0n) is 10.0. The number of hydrogen-bond donors (Lipinski definition) is 2. The molecule has 0 saturated carbocycles. The van der Waals surface area contributed by atoms with E-state index in [0.29, 0.717) is 13.0 Å². The Bertz CT molecular complexity index is 292. The normalized spacial score (nSPS) is 26.9. The molecule has 2 unspecified atom stereocenters. The van der Waals surface area contributed by atoms with Crippen molar-refractivity contribution < 1.29 is 13.2 Å². The van der Waals surface area contributed by atoms with Gasteiger partial charge in [-0.15, -0.1) is 0 Å². The Labute approximate surface area is 98.0 Å². The molecule has 16 heavy (non-hydrogen) atoms. The molecule has 96 valence electrons. The summed E-state index contributed by atoms with van der Waals surface area (Å²) in [5.41, 5.74) is 0. The molecule has 0 spiro atoms. The average Bonchev–Trinajstić information content (AvgIpc) is 2.17. The quantitative estimate of drug-likeness (QED) is 0.655. The van der Waals surface area contributed by atoms with E-state index in [1.165, 1.54) is 0 Å². The van der Waals surface area contributed by atoms with E-state index in [9.17, 15) is 8.42 Å². The summed E-state index contributed by atoms with van der Waals surface area (Å²) in [7, 11) is -1.30. The van der Waals surface area contributed by atoms with E-state index in [1.807, 2.05) is 14.0 Å². The van der Waals surface area contributed by atoms with Gasteiger partial charge < -0.3 is 10.1 Å². The van der Waals surface area contributed by atoms with Gasteiger partial charge in [-0.3, -0.25) is 0 Å². The van der Waals surface area contributed by atoms with Crippen LogP contribution >= 0.6 is 0 Å². The van der Waals surface area contributed by atoms with Crippen LogP contribution < -0.4 is 10.0 Å². The van der Waals surface area contributed by atoms with Gasteiger partial charge in [-0.1, -0.05) is 0 Å². The summed E-state index contributed by atoms with van der Waals surface area (Å²) in [4.78, 5) is 0. The molecule has 1 fully saturated rings. The second-order valence-electron chi connectivity index (χ2n) is 4.30. The summed E-state index contributed by atoms with van der Waals surface area (Å²) in [6.45, 7) is 3.34. The molecule has 0 aromatic rings. The predicted octanol–water partition coefficient (Wildman–Crippen LogP) is 0.0828. The van der Waals surface area contributed by atoms with Gasteiger partial charge in [-0.25, -0.2) is 13.1 Å². The molecule has 1 rings (SSSR count). The van der Waals surface area contributed by atoms with Gasteiger partial charge in [0.2, 0.25) is 10.0 Å².